The quantitative estimate of drug-likeness (QED) is 0.684. The Balaban J connectivity index is 1.70. The molecule has 0 radical (unpaired) electrons. The molecule has 7 nitrogen and oxygen atoms in total. The molecular formula is C11H10BN3O4. The van der Waals surface area contributed by atoms with Gasteiger partial charge in [0, 0.05) is 5.69 Å². The first-order valence-electron chi connectivity index (χ1n) is 5.61. The van der Waals surface area contributed by atoms with Crippen molar-refractivity contribution in [2.75, 3.05) is 10.6 Å². The molecule has 0 fully saturated rings. The van der Waals surface area contributed by atoms with E-state index in [1.807, 2.05) is 0 Å². The first kappa shape index (κ1) is 11.8. The van der Waals surface area contributed by atoms with Crippen LogP contribution < -0.4 is 16.1 Å². The number of oxazole rings is 1. The molecule has 0 saturated carbocycles. The van der Waals surface area contributed by atoms with Crippen molar-refractivity contribution in [1.29, 1.82) is 0 Å². The van der Waals surface area contributed by atoms with E-state index in [-0.39, 0.29) is 0 Å². The lowest BCUT2D eigenvalue weighted by atomic mass is 9.79. The summed E-state index contributed by atoms with van der Waals surface area (Å²) in [5.41, 5.74) is 2.14. The fourth-order valence-corrected chi connectivity index (χ4v) is 1.85. The molecule has 1 aliphatic heterocycles. The van der Waals surface area contributed by atoms with E-state index in [0.29, 0.717) is 23.6 Å². The number of fused-ring (bicyclic) bond motifs is 1. The highest BCUT2D eigenvalue weighted by Gasteiger charge is 2.27. The molecular weight excluding hydrogens is 249 g/mol. The highest BCUT2D eigenvalue weighted by atomic mass is 16.5. The molecule has 19 heavy (non-hydrogen) atoms. The Morgan fingerprint density at radius 2 is 2.32 bits per heavy atom. The van der Waals surface area contributed by atoms with Gasteiger partial charge >= 0.3 is 13.1 Å². The van der Waals surface area contributed by atoms with Crippen LogP contribution in [0.5, 0.6) is 0 Å². The third-order valence-corrected chi connectivity index (χ3v) is 2.74. The van der Waals surface area contributed by atoms with Crippen molar-refractivity contribution in [3.8, 4) is 0 Å². The summed E-state index contributed by atoms with van der Waals surface area (Å²) in [4.78, 5) is 15.4. The SMILES string of the molecule is O=C(Nc1ccc2c(c1)B(O)OC2)Nc1cocn1. The molecule has 0 saturated heterocycles. The van der Waals surface area contributed by atoms with Crippen LogP contribution in [0.15, 0.2) is 35.3 Å². The average molecular weight is 259 g/mol. The number of anilines is 2. The Hall–Kier alpha value is -2.32. The van der Waals surface area contributed by atoms with E-state index in [2.05, 4.69) is 15.6 Å². The zero-order valence-corrected chi connectivity index (χ0v) is 9.79. The third-order valence-electron chi connectivity index (χ3n) is 2.74. The fourth-order valence-electron chi connectivity index (χ4n) is 1.85. The van der Waals surface area contributed by atoms with Crippen LogP contribution in [0.3, 0.4) is 0 Å². The van der Waals surface area contributed by atoms with Gasteiger partial charge in [-0.05, 0) is 23.2 Å². The molecule has 1 aromatic carbocycles. The predicted molar refractivity (Wildman–Crippen MR) is 68.0 cm³/mol. The summed E-state index contributed by atoms with van der Waals surface area (Å²) in [5, 5.41) is 14.7. The number of hydrogen-bond donors (Lipinski definition) is 3. The molecule has 0 aliphatic carbocycles. The van der Waals surface area contributed by atoms with Gasteiger partial charge in [-0.2, -0.15) is 4.98 Å². The lowest BCUT2D eigenvalue weighted by Crippen LogP contribution is -2.29. The normalized spacial score (nSPS) is 13.2. The molecule has 3 N–H and O–H groups in total. The molecule has 0 spiro atoms. The van der Waals surface area contributed by atoms with Crippen molar-refractivity contribution in [3.05, 3.63) is 36.4 Å². The second-order valence-electron chi connectivity index (χ2n) is 4.03. The van der Waals surface area contributed by atoms with Crippen LogP contribution in [0.25, 0.3) is 0 Å². The number of rotatable bonds is 2. The minimum atomic E-state index is -0.935. The maximum atomic E-state index is 11.7. The summed E-state index contributed by atoms with van der Waals surface area (Å²) < 4.78 is 9.81. The van der Waals surface area contributed by atoms with Gasteiger partial charge in [0.15, 0.2) is 12.2 Å². The Morgan fingerprint density at radius 1 is 1.42 bits per heavy atom. The lowest BCUT2D eigenvalue weighted by molar-refractivity contribution is 0.262. The van der Waals surface area contributed by atoms with Crippen molar-refractivity contribution in [2.45, 2.75) is 6.61 Å². The van der Waals surface area contributed by atoms with E-state index in [0.717, 1.165) is 5.56 Å². The first-order valence-corrected chi connectivity index (χ1v) is 5.61. The number of aromatic nitrogens is 1. The molecule has 8 heteroatoms. The van der Waals surface area contributed by atoms with E-state index >= 15 is 0 Å². The van der Waals surface area contributed by atoms with Crippen LogP contribution in [0, 0.1) is 0 Å². The molecule has 3 rings (SSSR count). The third kappa shape index (κ3) is 2.44. The minimum absolute atomic E-state index is 0.321. The zero-order valence-electron chi connectivity index (χ0n) is 9.79. The van der Waals surface area contributed by atoms with Crippen molar-refractivity contribution in [1.82, 2.24) is 4.98 Å². The number of nitrogens with one attached hydrogen (secondary N) is 2. The Kier molecular flexibility index (Phi) is 2.94. The summed E-state index contributed by atoms with van der Waals surface area (Å²) in [5.74, 6) is 0.321. The number of nitrogens with zero attached hydrogens (tertiary/aromatic N) is 1. The summed E-state index contributed by atoms with van der Waals surface area (Å²) >= 11 is 0. The molecule has 0 bridgehead atoms. The highest BCUT2D eigenvalue weighted by molar-refractivity contribution is 6.61. The number of urea groups is 1. The van der Waals surface area contributed by atoms with Gasteiger partial charge in [0.1, 0.15) is 6.26 Å². The molecule has 1 aromatic heterocycles. The fraction of sp³-hybridized carbons (Fsp3) is 0.0909. The predicted octanol–water partition coefficient (Wildman–Crippen LogP) is 0.536. The maximum absolute atomic E-state index is 11.7. The molecule has 2 amide bonds. The summed E-state index contributed by atoms with van der Waals surface area (Å²) in [6, 6.07) is 4.78. The molecule has 0 unspecified atom stereocenters. The van der Waals surface area contributed by atoms with E-state index in [1.165, 1.54) is 12.7 Å². The standard InChI is InChI=1S/C11H10BN3O4/c16-11(15-10-5-18-6-13-10)14-8-2-1-7-4-19-12(17)9(7)3-8/h1-3,5-6,17H,4H2,(H2,14,15,16). The Morgan fingerprint density at radius 3 is 3.11 bits per heavy atom. The molecule has 1 aliphatic rings. The van der Waals surface area contributed by atoms with Gasteiger partial charge in [0.25, 0.3) is 0 Å². The van der Waals surface area contributed by atoms with Crippen LogP contribution in [0.1, 0.15) is 5.56 Å². The van der Waals surface area contributed by atoms with Crippen LogP contribution in [0.2, 0.25) is 0 Å². The molecule has 96 valence electrons. The first-order chi connectivity index (χ1) is 9.22. The highest BCUT2D eigenvalue weighted by Crippen LogP contribution is 2.14. The van der Waals surface area contributed by atoms with Crippen LogP contribution in [-0.2, 0) is 11.3 Å². The number of benzene rings is 1. The van der Waals surface area contributed by atoms with E-state index < -0.39 is 13.1 Å². The van der Waals surface area contributed by atoms with Crippen molar-refractivity contribution in [3.63, 3.8) is 0 Å². The Labute approximate surface area is 108 Å². The monoisotopic (exact) mass is 259 g/mol. The van der Waals surface area contributed by atoms with Crippen LogP contribution >= 0.6 is 0 Å². The van der Waals surface area contributed by atoms with Crippen LogP contribution in [0.4, 0.5) is 16.3 Å². The largest absolute Gasteiger partial charge is 0.491 e. The van der Waals surface area contributed by atoms with Gasteiger partial charge in [-0.1, -0.05) is 6.07 Å². The molecule has 0 atom stereocenters. The van der Waals surface area contributed by atoms with Crippen LogP contribution in [-0.4, -0.2) is 23.2 Å². The summed E-state index contributed by atoms with van der Waals surface area (Å²) in [6.45, 7) is 0.377. The number of hydrogen-bond acceptors (Lipinski definition) is 5. The number of amides is 2. The van der Waals surface area contributed by atoms with E-state index in [1.54, 1.807) is 18.2 Å². The van der Waals surface area contributed by atoms with Gasteiger partial charge in [0.2, 0.25) is 0 Å². The topological polar surface area (TPSA) is 96.6 Å². The van der Waals surface area contributed by atoms with Crippen molar-refractivity contribution in [2.24, 2.45) is 0 Å². The number of carbonyl (C=O) groups excluding carboxylic acids is 1. The maximum Gasteiger partial charge on any atom is 0.491 e. The van der Waals surface area contributed by atoms with E-state index in [4.69, 9.17) is 9.07 Å². The van der Waals surface area contributed by atoms with E-state index in [9.17, 15) is 9.82 Å². The van der Waals surface area contributed by atoms with Gasteiger partial charge in [-0.3, -0.25) is 5.32 Å². The van der Waals surface area contributed by atoms with Crippen molar-refractivity contribution >= 4 is 30.1 Å². The smallest absolute Gasteiger partial charge is 0.449 e. The molecule has 2 aromatic rings. The minimum Gasteiger partial charge on any atom is -0.449 e. The van der Waals surface area contributed by atoms with Gasteiger partial charge in [-0.25, -0.2) is 4.79 Å². The number of carbonyl (C=O) groups is 1. The van der Waals surface area contributed by atoms with Gasteiger partial charge in [0.05, 0.1) is 6.61 Å². The van der Waals surface area contributed by atoms with Gasteiger partial charge in [-0.15, -0.1) is 0 Å². The summed E-state index contributed by atoms with van der Waals surface area (Å²) in [7, 11) is -0.935. The lowest BCUT2D eigenvalue weighted by Gasteiger charge is -2.07. The molecule has 2 heterocycles. The van der Waals surface area contributed by atoms with Crippen molar-refractivity contribution < 1.29 is 18.9 Å². The summed E-state index contributed by atoms with van der Waals surface area (Å²) in [6.07, 6.45) is 2.54. The zero-order chi connectivity index (χ0) is 13.2. The van der Waals surface area contributed by atoms with Gasteiger partial charge < -0.3 is 19.4 Å². The average Bonchev–Trinajstić information content (AvgIpc) is 3.00. The second kappa shape index (κ2) is 4.75. The Bertz CT molecular complexity index is 602. The second-order valence-corrected chi connectivity index (χ2v) is 4.03.